The zero-order chi connectivity index (χ0) is 16.7. The molecule has 1 aromatic heterocycles. The van der Waals surface area contributed by atoms with Crippen molar-refractivity contribution in [1.82, 2.24) is 9.88 Å². The molecule has 2 rings (SSSR count). The number of nitrogens with zero attached hydrogens (tertiary/aromatic N) is 1. The van der Waals surface area contributed by atoms with Crippen LogP contribution in [-0.2, 0) is 17.9 Å². The SMILES string of the molecule is COc1cn(CC(=O)NCCC2=CCCCC2)c(CO)cc1=O. The van der Waals surface area contributed by atoms with Crippen LogP contribution in [0.1, 0.15) is 37.8 Å². The number of pyridine rings is 1. The van der Waals surface area contributed by atoms with E-state index >= 15 is 0 Å². The summed E-state index contributed by atoms with van der Waals surface area (Å²) in [6.07, 6.45) is 9.36. The van der Waals surface area contributed by atoms with Gasteiger partial charge >= 0.3 is 0 Å². The quantitative estimate of drug-likeness (QED) is 0.743. The number of carbonyl (C=O) groups excluding carboxylic acids is 1. The third-order valence-electron chi connectivity index (χ3n) is 4.03. The summed E-state index contributed by atoms with van der Waals surface area (Å²) in [5.74, 6) is 0.00386. The number of rotatable bonds is 7. The van der Waals surface area contributed by atoms with E-state index in [2.05, 4.69) is 11.4 Å². The van der Waals surface area contributed by atoms with Crippen LogP contribution in [0.15, 0.2) is 28.7 Å². The third-order valence-corrected chi connectivity index (χ3v) is 4.03. The minimum Gasteiger partial charge on any atom is -0.491 e. The van der Waals surface area contributed by atoms with Crippen LogP contribution in [0.5, 0.6) is 5.75 Å². The molecular formula is C17H24N2O4. The van der Waals surface area contributed by atoms with Gasteiger partial charge in [0, 0.05) is 18.3 Å². The molecule has 1 aliphatic rings. The Morgan fingerprint density at radius 1 is 1.43 bits per heavy atom. The fourth-order valence-corrected chi connectivity index (χ4v) is 2.74. The van der Waals surface area contributed by atoms with Crippen LogP contribution in [0.4, 0.5) is 0 Å². The Kier molecular flexibility index (Phi) is 6.40. The lowest BCUT2D eigenvalue weighted by atomic mass is 9.97. The minimum atomic E-state index is -0.308. The summed E-state index contributed by atoms with van der Waals surface area (Å²) in [6, 6.07) is 1.29. The molecule has 0 bridgehead atoms. The second kappa shape index (κ2) is 8.53. The molecule has 23 heavy (non-hydrogen) atoms. The van der Waals surface area contributed by atoms with Crippen LogP contribution < -0.4 is 15.5 Å². The van der Waals surface area contributed by atoms with Gasteiger partial charge in [-0.2, -0.15) is 0 Å². The molecule has 0 saturated carbocycles. The van der Waals surface area contributed by atoms with Crippen molar-refractivity contribution in [1.29, 1.82) is 0 Å². The number of hydrogen-bond acceptors (Lipinski definition) is 4. The largest absolute Gasteiger partial charge is 0.491 e. The summed E-state index contributed by atoms with van der Waals surface area (Å²) in [5, 5.41) is 12.2. The lowest BCUT2D eigenvalue weighted by molar-refractivity contribution is -0.121. The van der Waals surface area contributed by atoms with E-state index in [-0.39, 0.29) is 30.2 Å². The highest BCUT2D eigenvalue weighted by atomic mass is 16.5. The van der Waals surface area contributed by atoms with E-state index in [0.717, 1.165) is 19.3 Å². The predicted molar refractivity (Wildman–Crippen MR) is 87.4 cm³/mol. The summed E-state index contributed by atoms with van der Waals surface area (Å²) in [4.78, 5) is 23.7. The number of nitrogens with one attached hydrogen (secondary N) is 1. The van der Waals surface area contributed by atoms with Gasteiger partial charge in [0.05, 0.1) is 19.9 Å². The van der Waals surface area contributed by atoms with E-state index in [1.807, 2.05) is 0 Å². The smallest absolute Gasteiger partial charge is 0.239 e. The number of methoxy groups -OCH3 is 1. The number of aliphatic hydroxyl groups excluding tert-OH is 1. The lowest BCUT2D eigenvalue weighted by Gasteiger charge is -2.15. The van der Waals surface area contributed by atoms with E-state index in [1.54, 1.807) is 0 Å². The molecule has 1 amide bonds. The fourth-order valence-electron chi connectivity index (χ4n) is 2.74. The Bertz CT molecular complexity index is 634. The number of allylic oxidation sites excluding steroid dienone is 1. The molecule has 126 valence electrons. The number of aromatic nitrogens is 1. The zero-order valence-corrected chi connectivity index (χ0v) is 13.5. The topological polar surface area (TPSA) is 80.6 Å². The molecule has 1 heterocycles. The standard InChI is InChI=1S/C17H24N2O4/c1-23-16-10-19(14(12-20)9-15(16)21)11-17(22)18-8-7-13-5-3-2-4-6-13/h5,9-10,20H,2-4,6-8,11-12H2,1H3,(H,18,22). The zero-order valence-electron chi connectivity index (χ0n) is 13.5. The maximum absolute atomic E-state index is 12.1. The second-order valence-electron chi connectivity index (χ2n) is 5.69. The summed E-state index contributed by atoms with van der Waals surface area (Å²) >= 11 is 0. The first-order chi connectivity index (χ1) is 11.1. The first kappa shape index (κ1) is 17.3. The van der Waals surface area contributed by atoms with Gasteiger partial charge in [0.25, 0.3) is 0 Å². The normalized spacial score (nSPS) is 14.3. The molecule has 2 N–H and O–H groups in total. The molecule has 0 atom stereocenters. The Balaban J connectivity index is 1.91. The number of aliphatic hydroxyl groups is 1. The summed E-state index contributed by atoms with van der Waals surface area (Å²) in [6.45, 7) is 0.349. The highest BCUT2D eigenvalue weighted by Crippen LogP contribution is 2.19. The van der Waals surface area contributed by atoms with Crippen LogP contribution >= 0.6 is 0 Å². The van der Waals surface area contributed by atoms with Gasteiger partial charge in [0.1, 0.15) is 6.54 Å². The van der Waals surface area contributed by atoms with Crippen molar-refractivity contribution >= 4 is 5.91 Å². The Labute approximate surface area is 135 Å². The van der Waals surface area contributed by atoms with Gasteiger partial charge in [-0.3, -0.25) is 9.59 Å². The predicted octanol–water partition coefficient (Wildman–Crippen LogP) is 1.36. The number of amides is 1. The highest BCUT2D eigenvalue weighted by molar-refractivity contribution is 5.75. The van der Waals surface area contributed by atoms with Gasteiger partial charge in [0.2, 0.25) is 11.3 Å². The maximum Gasteiger partial charge on any atom is 0.239 e. The summed E-state index contributed by atoms with van der Waals surface area (Å²) in [7, 11) is 1.40. The van der Waals surface area contributed by atoms with E-state index in [1.165, 1.54) is 42.4 Å². The molecule has 0 spiro atoms. The van der Waals surface area contributed by atoms with Crippen molar-refractivity contribution in [2.75, 3.05) is 13.7 Å². The molecule has 0 aliphatic heterocycles. The summed E-state index contributed by atoms with van der Waals surface area (Å²) in [5.41, 5.74) is 1.50. The average molecular weight is 320 g/mol. The number of carbonyl (C=O) groups is 1. The molecule has 1 aliphatic carbocycles. The molecule has 0 radical (unpaired) electrons. The monoisotopic (exact) mass is 320 g/mol. The lowest BCUT2D eigenvalue weighted by Crippen LogP contribution is -2.30. The molecule has 6 nitrogen and oxygen atoms in total. The highest BCUT2D eigenvalue weighted by Gasteiger charge is 2.10. The Hall–Kier alpha value is -2.08. The van der Waals surface area contributed by atoms with E-state index in [4.69, 9.17) is 4.74 Å². The van der Waals surface area contributed by atoms with E-state index in [9.17, 15) is 14.7 Å². The molecule has 0 saturated heterocycles. The molecule has 1 aromatic rings. The molecule has 6 heteroatoms. The van der Waals surface area contributed by atoms with Crippen LogP contribution in [-0.4, -0.2) is 29.2 Å². The first-order valence-electron chi connectivity index (χ1n) is 7.97. The van der Waals surface area contributed by atoms with Crippen LogP contribution in [0.25, 0.3) is 0 Å². The van der Waals surface area contributed by atoms with Gasteiger partial charge in [-0.15, -0.1) is 0 Å². The van der Waals surface area contributed by atoms with Crippen molar-refractivity contribution in [3.05, 3.63) is 39.8 Å². The minimum absolute atomic E-state index is 0.0472. The van der Waals surface area contributed by atoms with Gasteiger partial charge in [-0.25, -0.2) is 0 Å². The summed E-state index contributed by atoms with van der Waals surface area (Å²) < 4.78 is 6.51. The molecule has 0 unspecified atom stereocenters. The van der Waals surface area contributed by atoms with Gasteiger partial charge in [0.15, 0.2) is 5.75 Å². The van der Waals surface area contributed by atoms with Crippen LogP contribution in [0.2, 0.25) is 0 Å². The Morgan fingerprint density at radius 3 is 2.91 bits per heavy atom. The van der Waals surface area contributed by atoms with Gasteiger partial charge < -0.3 is 19.7 Å². The van der Waals surface area contributed by atoms with Gasteiger partial charge in [-0.1, -0.05) is 11.6 Å². The van der Waals surface area contributed by atoms with Crippen LogP contribution in [0.3, 0.4) is 0 Å². The first-order valence-corrected chi connectivity index (χ1v) is 7.97. The van der Waals surface area contributed by atoms with E-state index in [0.29, 0.717) is 12.2 Å². The fraction of sp³-hybridized carbons (Fsp3) is 0.529. The van der Waals surface area contributed by atoms with Crippen molar-refractivity contribution in [3.8, 4) is 5.75 Å². The van der Waals surface area contributed by atoms with Crippen molar-refractivity contribution in [3.63, 3.8) is 0 Å². The molecular weight excluding hydrogens is 296 g/mol. The van der Waals surface area contributed by atoms with Crippen molar-refractivity contribution in [2.24, 2.45) is 0 Å². The van der Waals surface area contributed by atoms with E-state index < -0.39 is 0 Å². The number of ether oxygens (including phenoxy) is 1. The maximum atomic E-state index is 12.1. The van der Waals surface area contributed by atoms with Crippen LogP contribution in [0, 0.1) is 0 Å². The number of hydrogen-bond donors (Lipinski definition) is 2. The molecule has 0 aromatic carbocycles. The van der Waals surface area contributed by atoms with Crippen molar-refractivity contribution < 1.29 is 14.6 Å². The average Bonchev–Trinajstić information content (AvgIpc) is 2.57. The molecule has 0 fully saturated rings. The van der Waals surface area contributed by atoms with Gasteiger partial charge in [-0.05, 0) is 32.1 Å². The Morgan fingerprint density at radius 2 is 2.26 bits per heavy atom. The van der Waals surface area contributed by atoms with Crippen molar-refractivity contribution in [2.45, 2.75) is 45.3 Å². The second-order valence-corrected chi connectivity index (χ2v) is 5.69. The third kappa shape index (κ3) is 4.96.